The third-order valence-corrected chi connectivity index (χ3v) is 5.87. The van der Waals surface area contributed by atoms with Crippen LogP contribution in [-0.4, -0.2) is 23.9 Å². The lowest BCUT2D eigenvalue weighted by molar-refractivity contribution is -0.126. The average Bonchev–Trinajstić information content (AvgIpc) is 2.81. The first-order valence-electron chi connectivity index (χ1n) is 10.7. The van der Waals surface area contributed by atoms with Crippen LogP contribution in [-0.2, 0) is 9.59 Å². The fourth-order valence-electron chi connectivity index (χ4n) is 4.20. The molecule has 4 rings (SSSR count). The molecule has 2 amide bonds. The van der Waals surface area contributed by atoms with Crippen molar-refractivity contribution in [1.82, 2.24) is 4.98 Å². The number of rotatable bonds is 5. The molecule has 2 atom stereocenters. The standard InChI is InChI=1S/C26H27N3O3/c1-17-8-11-19(12-9-17)29-24(30)15-13-21(25(29)20-6-4-5-7-22(20)32-3)26(31)28-23-14-10-18(2)16-27-23/h4-12,14,16,21,25H,13,15H2,1-3H3,(H,27,28,31). The Morgan fingerprint density at radius 1 is 1.03 bits per heavy atom. The van der Waals surface area contributed by atoms with Crippen LogP contribution in [0, 0.1) is 19.8 Å². The number of anilines is 2. The van der Waals surface area contributed by atoms with Crippen molar-refractivity contribution in [3.8, 4) is 5.75 Å². The lowest BCUT2D eigenvalue weighted by Crippen LogP contribution is -2.47. The van der Waals surface area contributed by atoms with E-state index < -0.39 is 12.0 Å². The number of nitrogens with one attached hydrogen (secondary N) is 1. The largest absolute Gasteiger partial charge is 0.496 e. The van der Waals surface area contributed by atoms with E-state index in [2.05, 4.69) is 10.3 Å². The number of aryl methyl sites for hydroxylation is 2. The molecule has 0 radical (unpaired) electrons. The lowest BCUT2D eigenvalue weighted by atomic mass is 9.82. The van der Waals surface area contributed by atoms with Gasteiger partial charge in [0.15, 0.2) is 0 Å². The Morgan fingerprint density at radius 3 is 2.44 bits per heavy atom. The average molecular weight is 430 g/mol. The molecule has 0 aliphatic carbocycles. The van der Waals surface area contributed by atoms with Crippen molar-refractivity contribution in [2.24, 2.45) is 5.92 Å². The highest BCUT2D eigenvalue weighted by Gasteiger charge is 2.42. The van der Waals surface area contributed by atoms with Gasteiger partial charge in [-0.2, -0.15) is 0 Å². The maximum atomic E-state index is 13.4. The van der Waals surface area contributed by atoms with E-state index >= 15 is 0 Å². The molecule has 1 aliphatic heterocycles. The number of para-hydroxylation sites is 1. The molecule has 0 bridgehead atoms. The minimum Gasteiger partial charge on any atom is -0.496 e. The van der Waals surface area contributed by atoms with E-state index in [1.165, 1.54) is 0 Å². The molecule has 1 aliphatic rings. The maximum Gasteiger partial charge on any atom is 0.231 e. The smallest absolute Gasteiger partial charge is 0.231 e. The van der Waals surface area contributed by atoms with Crippen LogP contribution in [0.4, 0.5) is 11.5 Å². The van der Waals surface area contributed by atoms with E-state index in [1.807, 2.05) is 68.4 Å². The van der Waals surface area contributed by atoms with Crippen LogP contribution in [0.1, 0.15) is 35.6 Å². The third-order valence-electron chi connectivity index (χ3n) is 5.87. The highest BCUT2D eigenvalue weighted by atomic mass is 16.5. The minimum atomic E-state index is -0.499. The van der Waals surface area contributed by atoms with Crippen molar-refractivity contribution >= 4 is 23.3 Å². The lowest BCUT2D eigenvalue weighted by Gasteiger charge is -2.41. The molecule has 3 aromatic rings. The molecule has 2 aromatic carbocycles. The summed E-state index contributed by atoms with van der Waals surface area (Å²) in [7, 11) is 1.60. The number of carbonyl (C=O) groups excluding carboxylic acids is 2. The van der Waals surface area contributed by atoms with Crippen molar-refractivity contribution in [1.29, 1.82) is 0 Å². The molecule has 2 unspecified atom stereocenters. The SMILES string of the molecule is COc1ccccc1C1C(C(=O)Nc2ccc(C)cn2)CCC(=O)N1c1ccc(C)cc1. The van der Waals surface area contributed by atoms with Gasteiger partial charge < -0.3 is 15.0 Å². The summed E-state index contributed by atoms with van der Waals surface area (Å²) in [5.74, 6) is 0.506. The second-order valence-electron chi connectivity index (χ2n) is 8.14. The van der Waals surface area contributed by atoms with Crippen molar-refractivity contribution in [3.63, 3.8) is 0 Å². The van der Waals surface area contributed by atoms with E-state index in [1.54, 1.807) is 24.3 Å². The second kappa shape index (κ2) is 9.22. The molecule has 6 nitrogen and oxygen atoms in total. The fourth-order valence-corrected chi connectivity index (χ4v) is 4.20. The Balaban J connectivity index is 1.77. The van der Waals surface area contributed by atoms with Gasteiger partial charge in [-0.3, -0.25) is 9.59 Å². The summed E-state index contributed by atoms with van der Waals surface area (Å²) in [4.78, 5) is 32.7. The van der Waals surface area contributed by atoms with E-state index in [-0.39, 0.29) is 11.8 Å². The quantitative estimate of drug-likeness (QED) is 0.631. The Morgan fingerprint density at radius 2 is 1.75 bits per heavy atom. The summed E-state index contributed by atoms with van der Waals surface area (Å²) in [6.07, 6.45) is 2.46. The number of aromatic nitrogens is 1. The molecular weight excluding hydrogens is 402 g/mol. The van der Waals surface area contributed by atoms with E-state index in [0.29, 0.717) is 24.4 Å². The minimum absolute atomic E-state index is 0.0118. The number of hydrogen-bond acceptors (Lipinski definition) is 4. The molecule has 1 N–H and O–H groups in total. The molecule has 1 aromatic heterocycles. The van der Waals surface area contributed by atoms with E-state index in [0.717, 1.165) is 22.4 Å². The van der Waals surface area contributed by atoms with Crippen LogP contribution in [0.15, 0.2) is 66.9 Å². The predicted molar refractivity (Wildman–Crippen MR) is 125 cm³/mol. The summed E-state index contributed by atoms with van der Waals surface area (Å²) >= 11 is 0. The Bertz CT molecular complexity index is 1110. The summed E-state index contributed by atoms with van der Waals surface area (Å²) in [5, 5.41) is 2.94. The number of piperidine rings is 1. The van der Waals surface area contributed by atoms with Crippen LogP contribution in [0.25, 0.3) is 0 Å². The number of amides is 2. The number of ether oxygens (including phenoxy) is 1. The van der Waals surface area contributed by atoms with Gasteiger partial charge in [-0.1, -0.05) is 42.0 Å². The van der Waals surface area contributed by atoms with Crippen molar-refractivity contribution in [2.75, 3.05) is 17.3 Å². The zero-order chi connectivity index (χ0) is 22.7. The molecule has 32 heavy (non-hydrogen) atoms. The molecule has 0 saturated carbocycles. The molecule has 1 fully saturated rings. The first-order valence-corrected chi connectivity index (χ1v) is 10.7. The Hall–Kier alpha value is -3.67. The second-order valence-corrected chi connectivity index (χ2v) is 8.14. The third kappa shape index (κ3) is 4.35. The molecule has 0 spiro atoms. The molecule has 1 saturated heterocycles. The van der Waals surface area contributed by atoms with Crippen LogP contribution >= 0.6 is 0 Å². The first kappa shape index (κ1) is 21.6. The van der Waals surface area contributed by atoms with Crippen molar-refractivity contribution in [2.45, 2.75) is 32.7 Å². The van der Waals surface area contributed by atoms with Crippen molar-refractivity contribution < 1.29 is 14.3 Å². The fraction of sp³-hybridized carbons (Fsp3) is 0.269. The summed E-state index contributed by atoms with van der Waals surface area (Å²) in [6, 6.07) is 18.6. The molecule has 164 valence electrons. The number of pyridine rings is 1. The number of hydrogen-bond donors (Lipinski definition) is 1. The predicted octanol–water partition coefficient (Wildman–Crippen LogP) is 4.83. The summed E-state index contributed by atoms with van der Waals surface area (Å²) in [6.45, 7) is 3.95. The van der Waals surface area contributed by atoms with Gasteiger partial charge in [0.1, 0.15) is 11.6 Å². The number of carbonyl (C=O) groups is 2. The molecule has 6 heteroatoms. The number of nitrogens with zero attached hydrogens (tertiary/aromatic N) is 2. The first-order chi connectivity index (χ1) is 15.5. The zero-order valence-electron chi connectivity index (χ0n) is 18.5. The number of benzene rings is 2. The monoisotopic (exact) mass is 429 g/mol. The van der Waals surface area contributed by atoms with Gasteiger partial charge in [-0.05, 0) is 50.1 Å². The van der Waals surface area contributed by atoms with Crippen molar-refractivity contribution in [3.05, 3.63) is 83.6 Å². The topological polar surface area (TPSA) is 71.5 Å². The van der Waals surface area contributed by atoms with Crippen LogP contribution < -0.4 is 15.0 Å². The van der Waals surface area contributed by atoms with Gasteiger partial charge in [0, 0.05) is 23.9 Å². The normalized spacial score (nSPS) is 18.3. The molecular formula is C26H27N3O3. The van der Waals surface area contributed by atoms with E-state index in [4.69, 9.17) is 4.74 Å². The summed E-state index contributed by atoms with van der Waals surface area (Å²) in [5.41, 5.74) is 3.69. The van der Waals surface area contributed by atoms with Gasteiger partial charge in [-0.15, -0.1) is 0 Å². The van der Waals surface area contributed by atoms with Crippen LogP contribution in [0.3, 0.4) is 0 Å². The maximum absolute atomic E-state index is 13.4. The Kier molecular flexibility index (Phi) is 6.21. The highest BCUT2D eigenvalue weighted by Crippen LogP contribution is 2.43. The Labute approximate surface area is 188 Å². The zero-order valence-corrected chi connectivity index (χ0v) is 18.5. The van der Waals surface area contributed by atoms with Gasteiger partial charge in [-0.25, -0.2) is 4.98 Å². The van der Waals surface area contributed by atoms with Gasteiger partial charge in [0.05, 0.1) is 19.1 Å². The molecule has 2 heterocycles. The van der Waals surface area contributed by atoms with Gasteiger partial charge in [0.2, 0.25) is 11.8 Å². The van der Waals surface area contributed by atoms with Crippen LogP contribution in [0.5, 0.6) is 5.75 Å². The summed E-state index contributed by atoms with van der Waals surface area (Å²) < 4.78 is 5.61. The van der Waals surface area contributed by atoms with Gasteiger partial charge in [0.25, 0.3) is 0 Å². The number of methoxy groups -OCH3 is 1. The van der Waals surface area contributed by atoms with Crippen LogP contribution in [0.2, 0.25) is 0 Å². The van der Waals surface area contributed by atoms with Gasteiger partial charge >= 0.3 is 0 Å². The highest BCUT2D eigenvalue weighted by molar-refractivity contribution is 6.00. The van der Waals surface area contributed by atoms with E-state index in [9.17, 15) is 9.59 Å².